The summed E-state index contributed by atoms with van der Waals surface area (Å²) >= 11 is 0. The van der Waals surface area contributed by atoms with Crippen molar-refractivity contribution in [2.45, 2.75) is 58.8 Å². The first-order valence-electron chi connectivity index (χ1n) is 4.41. The molecule has 0 nitrogen and oxygen atoms in total. The molecular formula is C9H23B. The number of hydrogen-bond acceptors (Lipinski definition) is 0. The highest BCUT2D eigenvalue weighted by molar-refractivity contribution is 5.75. The maximum atomic E-state index is 2.26. The maximum Gasteiger partial charge on any atom is 0.0814 e. The molecule has 0 radical (unpaired) electrons. The van der Waals surface area contributed by atoms with Gasteiger partial charge in [-0.25, -0.2) is 0 Å². The smallest absolute Gasteiger partial charge is 0.0654 e. The van der Waals surface area contributed by atoms with Gasteiger partial charge >= 0.3 is 0 Å². The van der Waals surface area contributed by atoms with Gasteiger partial charge in [0.2, 0.25) is 0 Å². The van der Waals surface area contributed by atoms with Crippen molar-refractivity contribution in [2.24, 2.45) is 0 Å². The van der Waals surface area contributed by atoms with E-state index in [1.54, 1.807) is 0 Å². The van der Waals surface area contributed by atoms with Gasteiger partial charge in [0, 0.05) is 0 Å². The van der Waals surface area contributed by atoms with E-state index in [1.807, 2.05) is 0 Å². The minimum atomic E-state index is 0. The predicted molar refractivity (Wildman–Crippen MR) is 53.6 cm³/mol. The van der Waals surface area contributed by atoms with Crippen molar-refractivity contribution in [1.29, 1.82) is 0 Å². The Morgan fingerprint density at radius 1 is 0.600 bits per heavy atom. The van der Waals surface area contributed by atoms with Crippen LogP contribution in [0.1, 0.15) is 58.8 Å². The van der Waals surface area contributed by atoms with E-state index < -0.39 is 0 Å². The topological polar surface area (TPSA) is 0 Å². The van der Waals surface area contributed by atoms with Crippen LogP contribution in [0.5, 0.6) is 0 Å². The van der Waals surface area contributed by atoms with E-state index in [0.29, 0.717) is 0 Å². The zero-order chi connectivity index (χ0) is 6.95. The summed E-state index contributed by atoms with van der Waals surface area (Å²) in [6.07, 6.45) is 9.97. The molecule has 0 aliphatic heterocycles. The number of hydrogen-bond donors (Lipinski definition) is 0. The minimum absolute atomic E-state index is 0. The molecule has 0 saturated heterocycles. The molecule has 0 aliphatic rings. The predicted octanol–water partition coefficient (Wildman–Crippen LogP) is 2.57. The Morgan fingerprint density at radius 2 is 0.900 bits per heavy atom. The summed E-state index contributed by atoms with van der Waals surface area (Å²) in [5.74, 6) is 0. The van der Waals surface area contributed by atoms with Crippen LogP contribution in [-0.4, -0.2) is 8.41 Å². The minimum Gasteiger partial charge on any atom is -0.0654 e. The molecule has 0 rings (SSSR count). The summed E-state index contributed by atoms with van der Waals surface area (Å²) in [6.45, 7) is 4.53. The molecular weight excluding hydrogens is 119 g/mol. The fourth-order valence-electron chi connectivity index (χ4n) is 1.03. The fraction of sp³-hybridized carbons (Fsp3) is 1.00. The van der Waals surface area contributed by atoms with E-state index in [0.717, 1.165) is 0 Å². The number of rotatable bonds is 6. The molecule has 0 saturated carbocycles. The molecule has 0 amide bonds. The van der Waals surface area contributed by atoms with E-state index >= 15 is 0 Å². The summed E-state index contributed by atoms with van der Waals surface area (Å²) in [5.41, 5.74) is 0. The van der Waals surface area contributed by atoms with Gasteiger partial charge < -0.3 is 0 Å². The fourth-order valence-corrected chi connectivity index (χ4v) is 1.03. The zero-order valence-corrected chi connectivity index (χ0v) is 6.95. The van der Waals surface area contributed by atoms with Gasteiger partial charge in [0.25, 0.3) is 0 Å². The molecule has 1 heteroatoms. The second-order valence-electron chi connectivity index (χ2n) is 2.77. The van der Waals surface area contributed by atoms with Gasteiger partial charge in [-0.3, -0.25) is 0 Å². The lowest BCUT2D eigenvalue weighted by Crippen LogP contribution is -1.76. The molecule has 62 valence electrons. The SMILES string of the molecule is B.CCCCCCCCC. The van der Waals surface area contributed by atoms with E-state index in [-0.39, 0.29) is 8.41 Å². The van der Waals surface area contributed by atoms with Crippen LogP contribution in [0.15, 0.2) is 0 Å². The van der Waals surface area contributed by atoms with Gasteiger partial charge in [0.1, 0.15) is 0 Å². The lowest BCUT2D eigenvalue weighted by Gasteiger charge is -1.96. The third-order valence-corrected chi connectivity index (χ3v) is 1.71. The van der Waals surface area contributed by atoms with E-state index in [2.05, 4.69) is 13.8 Å². The number of unbranched alkanes of at least 4 members (excludes halogenated alkanes) is 6. The Balaban J connectivity index is 0. The van der Waals surface area contributed by atoms with Crippen molar-refractivity contribution in [1.82, 2.24) is 0 Å². The summed E-state index contributed by atoms with van der Waals surface area (Å²) in [6, 6.07) is 0. The van der Waals surface area contributed by atoms with Crippen molar-refractivity contribution < 1.29 is 0 Å². The van der Waals surface area contributed by atoms with Crippen LogP contribution < -0.4 is 0 Å². The van der Waals surface area contributed by atoms with Crippen molar-refractivity contribution in [2.75, 3.05) is 0 Å². The third-order valence-electron chi connectivity index (χ3n) is 1.71. The van der Waals surface area contributed by atoms with Crippen LogP contribution in [0.25, 0.3) is 0 Å². The van der Waals surface area contributed by atoms with Gasteiger partial charge in [0.05, 0.1) is 8.41 Å². The molecule has 0 aliphatic carbocycles. The molecule has 0 spiro atoms. The molecule has 10 heavy (non-hydrogen) atoms. The molecule has 0 aromatic rings. The van der Waals surface area contributed by atoms with Gasteiger partial charge in [-0.1, -0.05) is 58.8 Å². The summed E-state index contributed by atoms with van der Waals surface area (Å²) in [7, 11) is 0. The Hall–Kier alpha value is 0.0649. The monoisotopic (exact) mass is 142 g/mol. The van der Waals surface area contributed by atoms with E-state index in [9.17, 15) is 0 Å². The van der Waals surface area contributed by atoms with Crippen molar-refractivity contribution in [3.63, 3.8) is 0 Å². The summed E-state index contributed by atoms with van der Waals surface area (Å²) in [4.78, 5) is 0. The normalized spacial score (nSPS) is 9.00. The highest BCUT2D eigenvalue weighted by atomic mass is 13.9. The second kappa shape index (κ2) is 11.8. The molecule has 0 N–H and O–H groups in total. The van der Waals surface area contributed by atoms with Crippen LogP contribution in [0.2, 0.25) is 0 Å². The van der Waals surface area contributed by atoms with E-state index in [1.165, 1.54) is 44.9 Å². The van der Waals surface area contributed by atoms with Crippen LogP contribution >= 0.6 is 0 Å². The van der Waals surface area contributed by atoms with Crippen LogP contribution in [0.3, 0.4) is 0 Å². The lowest BCUT2D eigenvalue weighted by atomic mass is 10.1. The van der Waals surface area contributed by atoms with Crippen molar-refractivity contribution >= 4 is 8.41 Å². The standard InChI is InChI=1S/C9H20.BH3/c1-3-5-7-9-8-6-4-2;/h3-9H2,1-2H3;1H3. The average Bonchev–Trinajstić information content (AvgIpc) is 1.89. The Labute approximate surface area is 68.0 Å². The molecule has 0 aromatic carbocycles. The molecule has 0 aromatic heterocycles. The first kappa shape index (κ1) is 12.7. The summed E-state index contributed by atoms with van der Waals surface area (Å²) < 4.78 is 0. The molecule has 0 atom stereocenters. The van der Waals surface area contributed by atoms with Crippen LogP contribution in [-0.2, 0) is 0 Å². The quantitative estimate of drug-likeness (QED) is 0.395. The van der Waals surface area contributed by atoms with Gasteiger partial charge in [-0.15, -0.1) is 0 Å². The van der Waals surface area contributed by atoms with Crippen LogP contribution in [0.4, 0.5) is 0 Å². The van der Waals surface area contributed by atoms with Crippen molar-refractivity contribution in [3.05, 3.63) is 0 Å². The largest absolute Gasteiger partial charge is 0.0814 e. The molecule has 0 bridgehead atoms. The Bertz CT molecular complexity index is 38.0. The summed E-state index contributed by atoms with van der Waals surface area (Å²) in [5, 5.41) is 0. The molecule has 0 fully saturated rings. The molecule has 0 unspecified atom stereocenters. The zero-order valence-electron chi connectivity index (χ0n) is 6.95. The van der Waals surface area contributed by atoms with Gasteiger partial charge in [-0.2, -0.15) is 0 Å². The third kappa shape index (κ3) is 10.9. The Morgan fingerprint density at radius 3 is 1.20 bits per heavy atom. The highest BCUT2D eigenvalue weighted by Gasteiger charge is 1.85. The average molecular weight is 142 g/mol. The first-order valence-corrected chi connectivity index (χ1v) is 4.41. The molecule has 0 heterocycles. The van der Waals surface area contributed by atoms with Gasteiger partial charge in [0.15, 0.2) is 0 Å². The Kier molecular flexibility index (Phi) is 15.0. The van der Waals surface area contributed by atoms with Gasteiger partial charge in [-0.05, 0) is 0 Å². The second-order valence-corrected chi connectivity index (χ2v) is 2.77. The van der Waals surface area contributed by atoms with Crippen LogP contribution in [0, 0.1) is 0 Å². The highest BCUT2D eigenvalue weighted by Crippen LogP contribution is 2.05. The maximum absolute atomic E-state index is 2.26. The first-order chi connectivity index (χ1) is 4.41. The van der Waals surface area contributed by atoms with E-state index in [4.69, 9.17) is 0 Å². The van der Waals surface area contributed by atoms with Crippen molar-refractivity contribution in [3.8, 4) is 0 Å². The lowest BCUT2D eigenvalue weighted by molar-refractivity contribution is 0.602.